The van der Waals surface area contributed by atoms with Crippen LogP contribution in [0.5, 0.6) is 0 Å². The van der Waals surface area contributed by atoms with Crippen molar-refractivity contribution in [1.82, 2.24) is 5.32 Å². The molecule has 0 aliphatic heterocycles. The molecule has 1 amide bonds. The third-order valence-electron chi connectivity index (χ3n) is 3.12. The summed E-state index contributed by atoms with van der Waals surface area (Å²) >= 11 is 0. The van der Waals surface area contributed by atoms with Crippen molar-refractivity contribution in [2.24, 2.45) is 0 Å². The van der Waals surface area contributed by atoms with Gasteiger partial charge in [-0.2, -0.15) is 0 Å². The summed E-state index contributed by atoms with van der Waals surface area (Å²) < 4.78 is 5.02. The van der Waals surface area contributed by atoms with E-state index in [0.29, 0.717) is 13.2 Å². The van der Waals surface area contributed by atoms with Gasteiger partial charge in [-0.3, -0.25) is 0 Å². The van der Waals surface area contributed by atoms with Gasteiger partial charge in [0.15, 0.2) is 0 Å². The lowest BCUT2D eigenvalue weighted by Gasteiger charge is -2.05. The van der Waals surface area contributed by atoms with Gasteiger partial charge in [-0.1, -0.05) is 70.8 Å². The Labute approximate surface area is 118 Å². The standard InChI is InChI=1S/C16H31NO2/c1-3-5-6-7-8-9-10-11-12-13-15-19-16(18)17-14-4-2/h4H,2-3,5-15H2,1H3,(H,17,18). The van der Waals surface area contributed by atoms with Crippen LogP contribution in [0.1, 0.15) is 71.1 Å². The van der Waals surface area contributed by atoms with E-state index in [-0.39, 0.29) is 6.09 Å². The van der Waals surface area contributed by atoms with E-state index >= 15 is 0 Å². The molecular weight excluding hydrogens is 238 g/mol. The highest BCUT2D eigenvalue weighted by molar-refractivity contribution is 5.67. The van der Waals surface area contributed by atoms with E-state index in [1.165, 1.54) is 51.4 Å². The van der Waals surface area contributed by atoms with Gasteiger partial charge < -0.3 is 10.1 Å². The average Bonchev–Trinajstić information content (AvgIpc) is 2.42. The van der Waals surface area contributed by atoms with Crippen molar-refractivity contribution >= 4 is 6.09 Å². The zero-order chi connectivity index (χ0) is 14.2. The highest BCUT2D eigenvalue weighted by Crippen LogP contribution is 2.10. The molecule has 0 spiro atoms. The lowest BCUT2D eigenvalue weighted by molar-refractivity contribution is 0.145. The smallest absolute Gasteiger partial charge is 0.407 e. The van der Waals surface area contributed by atoms with E-state index in [1.54, 1.807) is 6.08 Å². The maximum Gasteiger partial charge on any atom is 0.407 e. The molecule has 0 saturated carbocycles. The molecule has 0 unspecified atom stereocenters. The maximum atomic E-state index is 11.1. The van der Waals surface area contributed by atoms with Crippen molar-refractivity contribution in [2.75, 3.05) is 13.2 Å². The molecular formula is C16H31NO2. The van der Waals surface area contributed by atoms with Gasteiger partial charge in [-0.15, -0.1) is 6.58 Å². The Balaban J connectivity index is 3.06. The first-order chi connectivity index (χ1) is 9.31. The number of rotatable bonds is 13. The molecule has 0 aliphatic rings. The summed E-state index contributed by atoms with van der Waals surface area (Å²) in [5.41, 5.74) is 0. The van der Waals surface area contributed by atoms with Crippen molar-refractivity contribution in [1.29, 1.82) is 0 Å². The molecule has 0 aromatic heterocycles. The van der Waals surface area contributed by atoms with Gasteiger partial charge in [0.2, 0.25) is 0 Å². The van der Waals surface area contributed by atoms with E-state index in [1.807, 2.05) is 0 Å². The molecule has 0 aliphatic carbocycles. The fourth-order valence-corrected chi connectivity index (χ4v) is 1.96. The van der Waals surface area contributed by atoms with Crippen molar-refractivity contribution in [3.63, 3.8) is 0 Å². The molecule has 0 bridgehead atoms. The largest absolute Gasteiger partial charge is 0.450 e. The maximum absolute atomic E-state index is 11.1. The van der Waals surface area contributed by atoms with Gasteiger partial charge in [-0.05, 0) is 6.42 Å². The Bertz CT molecular complexity index is 217. The quantitative estimate of drug-likeness (QED) is 0.384. The molecule has 0 aromatic rings. The number of carbonyl (C=O) groups excluding carboxylic acids is 1. The zero-order valence-electron chi connectivity index (χ0n) is 12.6. The van der Waals surface area contributed by atoms with E-state index in [9.17, 15) is 4.79 Å². The van der Waals surface area contributed by atoms with E-state index in [0.717, 1.165) is 12.8 Å². The first-order valence-corrected chi connectivity index (χ1v) is 7.82. The van der Waals surface area contributed by atoms with Gasteiger partial charge >= 0.3 is 6.09 Å². The van der Waals surface area contributed by atoms with Crippen LogP contribution in [0.25, 0.3) is 0 Å². The van der Waals surface area contributed by atoms with Crippen molar-refractivity contribution < 1.29 is 9.53 Å². The fourth-order valence-electron chi connectivity index (χ4n) is 1.96. The molecule has 3 nitrogen and oxygen atoms in total. The molecule has 0 rings (SSSR count). The van der Waals surface area contributed by atoms with Crippen LogP contribution < -0.4 is 5.32 Å². The first kappa shape index (κ1) is 18.0. The summed E-state index contributed by atoms with van der Waals surface area (Å²) in [6.45, 7) is 6.77. The number of unbranched alkanes of at least 4 members (excludes halogenated alkanes) is 9. The SMILES string of the molecule is C=CCNC(=O)OCCCCCCCCCCCC. The van der Waals surface area contributed by atoms with Crippen LogP contribution >= 0.6 is 0 Å². The highest BCUT2D eigenvalue weighted by Gasteiger charge is 1.98. The number of amides is 1. The van der Waals surface area contributed by atoms with Crippen molar-refractivity contribution in [3.8, 4) is 0 Å². The summed E-state index contributed by atoms with van der Waals surface area (Å²) in [4.78, 5) is 11.1. The topological polar surface area (TPSA) is 38.3 Å². The molecule has 112 valence electrons. The second-order valence-electron chi connectivity index (χ2n) is 4.99. The molecule has 0 heterocycles. The molecule has 0 fully saturated rings. The highest BCUT2D eigenvalue weighted by atomic mass is 16.5. The zero-order valence-corrected chi connectivity index (χ0v) is 12.6. The molecule has 19 heavy (non-hydrogen) atoms. The first-order valence-electron chi connectivity index (χ1n) is 7.82. The minimum Gasteiger partial charge on any atom is -0.450 e. The normalized spacial score (nSPS) is 10.2. The van der Waals surface area contributed by atoms with Gasteiger partial charge in [0.1, 0.15) is 0 Å². The van der Waals surface area contributed by atoms with Gasteiger partial charge in [0.05, 0.1) is 6.61 Å². The predicted octanol–water partition coefficient (Wildman–Crippen LogP) is 4.82. The Morgan fingerprint density at radius 1 is 1.00 bits per heavy atom. The molecule has 1 N–H and O–H groups in total. The summed E-state index contributed by atoms with van der Waals surface area (Å²) in [5.74, 6) is 0. The van der Waals surface area contributed by atoms with E-state index in [2.05, 4.69) is 18.8 Å². The Hall–Kier alpha value is -0.990. The predicted molar refractivity (Wildman–Crippen MR) is 81.4 cm³/mol. The van der Waals surface area contributed by atoms with Crippen LogP contribution in [0.3, 0.4) is 0 Å². The molecule has 0 atom stereocenters. The van der Waals surface area contributed by atoms with E-state index < -0.39 is 0 Å². The second kappa shape index (κ2) is 15.1. The lowest BCUT2D eigenvalue weighted by Crippen LogP contribution is -2.24. The average molecular weight is 269 g/mol. The number of ether oxygens (including phenoxy) is 1. The second-order valence-corrected chi connectivity index (χ2v) is 4.99. The summed E-state index contributed by atoms with van der Waals surface area (Å²) in [6, 6.07) is 0. The van der Waals surface area contributed by atoms with Crippen LogP contribution in [0, 0.1) is 0 Å². The number of hydrogen-bond acceptors (Lipinski definition) is 2. The van der Waals surface area contributed by atoms with Gasteiger partial charge in [0, 0.05) is 6.54 Å². The third kappa shape index (κ3) is 15.0. The monoisotopic (exact) mass is 269 g/mol. The molecule has 3 heteroatoms. The van der Waals surface area contributed by atoms with Crippen LogP contribution in [0.15, 0.2) is 12.7 Å². The number of carbonyl (C=O) groups is 1. The fraction of sp³-hybridized carbons (Fsp3) is 0.812. The van der Waals surface area contributed by atoms with Gasteiger partial charge in [-0.25, -0.2) is 4.79 Å². The van der Waals surface area contributed by atoms with Crippen molar-refractivity contribution in [2.45, 2.75) is 71.1 Å². The van der Waals surface area contributed by atoms with Crippen LogP contribution in [0.2, 0.25) is 0 Å². The van der Waals surface area contributed by atoms with Crippen LogP contribution in [-0.4, -0.2) is 19.2 Å². The summed E-state index contributed by atoms with van der Waals surface area (Å²) in [7, 11) is 0. The van der Waals surface area contributed by atoms with Gasteiger partial charge in [0.25, 0.3) is 0 Å². The van der Waals surface area contributed by atoms with Crippen molar-refractivity contribution in [3.05, 3.63) is 12.7 Å². The Kier molecular flexibility index (Phi) is 14.3. The van der Waals surface area contributed by atoms with E-state index in [4.69, 9.17) is 4.74 Å². The number of hydrogen-bond donors (Lipinski definition) is 1. The minimum atomic E-state index is -0.337. The molecule has 0 radical (unpaired) electrons. The summed E-state index contributed by atoms with van der Waals surface area (Å²) in [6.07, 6.45) is 14.2. The Morgan fingerprint density at radius 2 is 1.53 bits per heavy atom. The number of nitrogens with one attached hydrogen (secondary N) is 1. The third-order valence-corrected chi connectivity index (χ3v) is 3.12. The lowest BCUT2D eigenvalue weighted by atomic mass is 10.1. The molecule has 0 saturated heterocycles. The minimum absolute atomic E-state index is 0.337. The number of alkyl carbamates (subject to hydrolysis) is 1. The van der Waals surface area contributed by atoms with Crippen LogP contribution in [0.4, 0.5) is 4.79 Å². The Morgan fingerprint density at radius 3 is 2.05 bits per heavy atom. The van der Waals surface area contributed by atoms with Crippen LogP contribution in [-0.2, 0) is 4.74 Å². The summed E-state index contributed by atoms with van der Waals surface area (Å²) in [5, 5.41) is 2.59. The molecule has 0 aromatic carbocycles.